The van der Waals surface area contributed by atoms with Gasteiger partial charge in [-0.2, -0.15) is 0 Å². The Labute approximate surface area is 83.1 Å². The molecule has 0 bridgehead atoms. The first-order valence-electron chi connectivity index (χ1n) is 4.73. The molecule has 74 valence electrons. The van der Waals surface area contributed by atoms with Crippen LogP contribution in [0.3, 0.4) is 0 Å². The minimum Gasteiger partial charge on any atom is -0.476 e. The van der Waals surface area contributed by atoms with Crippen LogP contribution < -0.4 is 0 Å². The summed E-state index contributed by atoms with van der Waals surface area (Å²) in [6.07, 6.45) is -0.421. The van der Waals surface area contributed by atoms with E-state index in [1.54, 1.807) is 6.92 Å². The number of aliphatic imine (C=N–C) groups is 1. The molecule has 1 heterocycles. The number of aliphatic hydroxyl groups is 1. The lowest BCUT2D eigenvalue weighted by Crippen LogP contribution is -2.01. The molecule has 0 spiro atoms. The Morgan fingerprint density at radius 2 is 2.07 bits per heavy atom. The van der Waals surface area contributed by atoms with Gasteiger partial charge >= 0.3 is 0 Å². The molecule has 0 aliphatic carbocycles. The Hall–Kier alpha value is -1.35. The third-order valence-corrected chi connectivity index (χ3v) is 2.23. The van der Waals surface area contributed by atoms with Gasteiger partial charge in [0.15, 0.2) is 0 Å². The maximum absolute atomic E-state index is 9.32. The van der Waals surface area contributed by atoms with Crippen molar-refractivity contribution >= 4 is 5.90 Å². The molecule has 1 aromatic rings. The van der Waals surface area contributed by atoms with Gasteiger partial charge in [-0.05, 0) is 24.6 Å². The number of rotatable bonds is 2. The molecular formula is C11H13NO2. The molecule has 1 atom stereocenters. The van der Waals surface area contributed by atoms with E-state index in [1.165, 1.54) is 0 Å². The minimum absolute atomic E-state index is 0.421. The van der Waals surface area contributed by atoms with E-state index in [4.69, 9.17) is 4.74 Å². The van der Waals surface area contributed by atoms with Gasteiger partial charge in [-0.1, -0.05) is 12.1 Å². The summed E-state index contributed by atoms with van der Waals surface area (Å²) in [6.45, 7) is 3.17. The summed E-state index contributed by atoms with van der Waals surface area (Å²) < 4.78 is 5.33. The second-order valence-electron chi connectivity index (χ2n) is 3.33. The van der Waals surface area contributed by atoms with Gasteiger partial charge in [0.1, 0.15) is 6.61 Å². The molecule has 3 heteroatoms. The van der Waals surface area contributed by atoms with Gasteiger partial charge in [-0.15, -0.1) is 0 Å². The smallest absolute Gasteiger partial charge is 0.216 e. The van der Waals surface area contributed by atoms with Crippen LogP contribution in [0.1, 0.15) is 24.2 Å². The highest BCUT2D eigenvalue weighted by atomic mass is 16.5. The van der Waals surface area contributed by atoms with E-state index in [-0.39, 0.29) is 0 Å². The van der Waals surface area contributed by atoms with Crippen LogP contribution in [0, 0.1) is 0 Å². The highest BCUT2D eigenvalue weighted by Gasteiger charge is 2.10. The molecule has 0 fully saturated rings. The van der Waals surface area contributed by atoms with E-state index < -0.39 is 6.10 Å². The van der Waals surface area contributed by atoms with Gasteiger partial charge in [-0.3, -0.25) is 0 Å². The molecule has 1 unspecified atom stereocenters. The first kappa shape index (κ1) is 9.21. The van der Waals surface area contributed by atoms with E-state index in [0.29, 0.717) is 12.5 Å². The van der Waals surface area contributed by atoms with Gasteiger partial charge in [0.2, 0.25) is 5.90 Å². The third-order valence-electron chi connectivity index (χ3n) is 2.23. The average molecular weight is 191 g/mol. The van der Waals surface area contributed by atoms with Crippen LogP contribution in [0.4, 0.5) is 0 Å². The predicted octanol–water partition coefficient (Wildman–Crippen LogP) is 1.52. The van der Waals surface area contributed by atoms with Gasteiger partial charge < -0.3 is 9.84 Å². The molecule has 0 saturated carbocycles. The van der Waals surface area contributed by atoms with Crippen molar-refractivity contribution < 1.29 is 9.84 Å². The Kier molecular flexibility index (Phi) is 2.50. The van der Waals surface area contributed by atoms with Gasteiger partial charge in [0.25, 0.3) is 0 Å². The maximum atomic E-state index is 9.32. The first-order valence-corrected chi connectivity index (χ1v) is 4.73. The summed E-state index contributed by atoms with van der Waals surface area (Å²) >= 11 is 0. The predicted molar refractivity (Wildman–Crippen MR) is 54.4 cm³/mol. The Morgan fingerprint density at radius 1 is 1.36 bits per heavy atom. The highest BCUT2D eigenvalue weighted by Crippen LogP contribution is 2.14. The van der Waals surface area contributed by atoms with E-state index in [0.717, 1.165) is 17.7 Å². The molecule has 3 nitrogen and oxygen atoms in total. The quantitative estimate of drug-likeness (QED) is 0.770. The number of aliphatic hydroxyl groups excluding tert-OH is 1. The third kappa shape index (κ3) is 1.77. The van der Waals surface area contributed by atoms with Gasteiger partial charge in [0.05, 0.1) is 12.6 Å². The molecular weight excluding hydrogens is 178 g/mol. The van der Waals surface area contributed by atoms with Gasteiger partial charge in [-0.25, -0.2) is 4.99 Å². The number of ether oxygens (including phenoxy) is 1. The van der Waals surface area contributed by atoms with E-state index in [9.17, 15) is 5.11 Å². The first-order chi connectivity index (χ1) is 6.77. The van der Waals surface area contributed by atoms with Crippen LogP contribution in [0.5, 0.6) is 0 Å². The molecule has 0 aromatic heterocycles. The standard InChI is InChI=1S/C11H13NO2/c1-8(13)9-2-4-10(5-3-9)11-12-6-7-14-11/h2-5,8,13H,6-7H2,1H3. The van der Waals surface area contributed by atoms with Crippen molar-refractivity contribution in [2.45, 2.75) is 13.0 Å². The summed E-state index contributed by atoms with van der Waals surface area (Å²) in [4.78, 5) is 4.21. The lowest BCUT2D eigenvalue weighted by Gasteiger charge is -2.05. The minimum atomic E-state index is -0.421. The van der Waals surface area contributed by atoms with Crippen LogP contribution in [0.15, 0.2) is 29.3 Å². The van der Waals surface area contributed by atoms with Crippen LogP contribution in [-0.4, -0.2) is 24.2 Å². The van der Waals surface area contributed by atoms with Crippen LogP contribution in [0.2, 0.25) is 0 Å². The fraction of sp³-hybridized carbons (Fsp3) is 0.364. The van der Waals surface area contributed by atoms with Crippen molar-refractivity contribution in [3.8, 4) is 0 Å². The molecule has 1 N–H and O–H groups in total. The zero-order chi connectivity index (χ0) is 9.97. The monoisotopic (exact) mass is 191 g/mol. The van der Waals surface area contributed by atoms with Gasteiger partial charge in [0, 0.05) is 5.56 Å². The van der Waals surface area contributed by atoms with Crippen molar-refractivity contribution in [1.82, 2.24) is 0 Å². The zero-order valence-corrected chi connectivity index (χ0v) is 8.10. The van der Waals surface area contributed by atoms with Crippen LogP contribution >= 0.6 is 0 Å². The SMILES string of the molecule is CC(O)c1ccc(C2=NCCO2)cc1. The highest BCUT2D eigenvalue weighted by molar-refractivity contribution is 5.94. The second-order valence-corrected chi connectivity index (χ2v) is 3.33. The van der Waals surface area contributed by atoms with Crippen molar-refractivity contribution in [3.05, 3.63) is 35.4 Å². The summed E-state index contributed by atoms with van der Waals surface area (Å²) in [7, 11) is 0. The van der Waals surface area contributed by atoms with E-state index in [1.807, 2.05) is 24.3 Å². The summed E-state index contributed by atoms with van der Waals surface area (Å²) in [6, 6.07) is 7.63. The Morgan fingerprint density at radius 3 is 2.57 bits per heavy atom. The number of hydrogen-bond donors (Lipinski definition) is 1. The average Bonchev–Trinajstić information content (AvgIpc) is 2.71. The molecule has 1 aromatic carbocycles. The second kappa shape index (κ2) is 3.80. The normalized spacial score (nSPS) is 17.4. The fourth-order valence-electron chi connectivity index (χ4n) is 1.41. The summed E-state index contributed by atoms with van der Waals surface area (Å²) in [5, 5.41) is 9.32. The van der Waals surface area contributed by atoms with Crippen molar-refractivity contribution in [1.29, 1.82) is 0 Å². The number of nitrogens with zero attached hydrogens (tertiary/aromatic N) is 1. The molecule has 2 rings (SSSR count). The van der Waals surface area contributed by atoms with E-state index >= 15 is 0 Å². The maximum Gasteiger partial charge on any atom is 0.216 e. The molecule has 1 aliphatic rings. The fourth-order valence-corrected chi connectivity index (χ4v) is 1.41. The topological polar surface area (TPSA) is 41.8 Å². The Bertz CT molecular complexity index is 341. The van der Waals surface area contributed by atoms with Crippen LogP contribution in [-0.2, 0) is 4.74 Å². The summed E-state index contributed by atoms with van der Waals surface area (Å²) in [5.41, 5.74) is 1.89. The lowest BCUT2D eigenvalue weighted by molar-refractivity contribution is 0.199. The largest absolute Gasteiger partial charge is 0.476 e. The van der Waals surface area contributed by atoms with Crippen molar-refractivity contribution in [2.75, 3.05) is 13.2 Å². The van der Waals surface area contributed by atoms with Crippen molar-refractivity contribution in [3.63, 3.8) is 0 Å². The molecule has 0 radical (unpaired) electrons. The van der Waals surface area contributed by atoms with Crippen molar-refractivity contribution in [2.24, 2.45) is 4.99 Å². The molecule has 0 saturated heterocycles. The lowest BCUT2D eigenvalue weighted by atomic mass is 10.1. The summed E-state index contributed by atoms with van der Waals surface area (Å²) in [5.74, 6) is 0.710. The number of hydrogen-bond acceptors (Lipinski definition) is 3. The van der Waals surface area contributed by atoms with Crippen LogP contribution in [0.25, 0.3) is 0 Å². The zero-order valence-electron chi connectivity index (χ0n) is 8.10. The molecule has 0 amide bonds. The van der Waals surface area contributed by atoms with E-state index in [2.05, 4.69) is 4.99 Å². The number of benzene rings is 1. The Balaban J connectivity index is 2.21. The molecule has 14 heavy (non-hydrogen) atoms. The molecule has 1 aliphatic heterocycles.